The van der Waals surface area contributed by atoms with E-state index in [2.05, 4.69) is 5.92 Å². The summed E-state index contributed by atoms with van der Waals surface area (Å²) in [6, 6.07) is 5.13. The van der Waals surface area contributed by atoms with Crippen LogP contribution in [0.5, 0.6) is 17.2 Å². The molecule has 0 fully saturated rings. The maximum atomic E-state index is 12.3. The highest BCUT2D eigenvalue weighted by Gasteiger charge is 2.25. The summed E-state index contributed by atoms with van der Waals surface area (Å²) in [6.07, 6.45) is 9.98. The third-order valence-corrected chi connectivity index (χ3v) is 3.28. The van der Waals surface area contributed by atoms with E-state index in [-0.39, 0.29) is 6.54 Å². The van der Waals surface area contributed by atoms with E-state index in [1.54, 1.807) is 59.3 Å². The van der Waals surface area contributed by atoms with Crippen molar-refractivity contribution in [2.24, 2.45) is 0 Å². The van der Waals surface area contributed by atoms with Gasteiger partial charge in [-0.1, -0.05) is 5.92 Å². The SMILES string of the molecule is [C]#CC1=CN(C(=O)OC(C)(C)C)CC(Oc2cc(OC)cc(OC)c2)=C1. The third kappa shape index (κ3) is 5.21. The van der Waals surface area contributed by atoms with Gasteiger partial charge < -0.3 is 18.9 Å². The van der Waals surface area contributed by atoms with Crippen LogP contribution < -0.4 is 14.2 Å². The second-order valence-electron chi connectivity index (χ2n) is 6.58. The molecule has 0 unspecified atom stereocenters. The minimum absolute atomic E-state index is 0.166. The summed E-state index contributed by atoms with van der Waals surface area (Å²) in [5.74, 6) is 4.37. The Labute approximate surface area is 154 Å². The summed E-state index contributed by atoms with van der Waals surface area (Å²) in [6.45, 7) is 5.54. The van der Waals surface area contributed by atoms with Crippen LogP contribution in [0.15, 0.2) is 41.8 Å². The third-order valence-electron chi connectivity index (χ3n) is 3.28. The first-order valence-corrected chi connectivity index (χ1v) is 8.00. The van der Waals surface area contributed by atoms with Crippen molar-refractivity contribution in [1.82, 2.24) is 4.90 Å². The lowest BCUT2D eigenvalue weighted by Gasteiger charge is -2.28. The monoisotopic (exact) mass is 356 g/mol. The van der Waals surface area contributed by atoms with Crippen molar-refractivity contribution in [3.05, 3.63) is 48.2 Å². The van der Waals surface area contributed by atoms with Crippen LogP contribution in [0.3, 0.4) is 0 Å². The first-order chi connectivity index (χ1) is 12.2. The fourth-order valence-electron chi connectivity index (χ4n) is 2.20. The highest BCUT2D eigenvalue weighted by Crippen LogP contribution is 2.29. The molecule has 0 atom stereocenters. The van der Waals surface area contributed by atoms with Crippen LogP contribution >= 0.6 is 0 Å². The fourth-order valence-corrected chi connectivity index (χ4v) is 2.20. The van der Waals surface area contributed by atoms with Gasteiger partial charge in [0.15, 0.2) is 0 Å². The number of hydrogen-bond donors (Lipinski definition) is 0. The molecule has 6 nitrogen and oxygen atoms in total. The maximum Gasteiger partial charge on any atom is 0.414 e. The Morgan fingerprint density at radius 2 is 1.69 bits per heavy atom. The number of nitrogens with zero attached hydrogens (tertiary/aromatic N) is 1. The number of benzene rings is 1. The van der Waals surface area contributed by atoms with Gasteiger partial charge in [-0.2, -0.15) is 0 Å². The van der Waals surface area contributed by atoms with Gasteiger partial charge in [-0.25, -0.2) is 4.79 Å². The zero-order valence-electron chi connectivity index (χ0n) is 15.6. The average Bonchev–Trinajstić information content (AvgIpc) is 2.59. The number of carbonyl (C=O) groups excluding carboxylic acids is 1. The topological polar surface area (TPSA) is 57.2 Å². The molecule has 1 radical (unpaired) electrons. The molecular formula is C20H22NO5. The van der Waals surface area contributed by atoms with Crippen molar-refractivity contribution in [3.8, 4) is 23.2 Å². The largest absolute Gasteiger partial charge is 0.496 e. The van der Waals surface area contributed by atoms with Crippen molar-refractivity contribution in [1.29, 1.82) is 0 Å². The average molecular weight is 356 g/mol. The van der Waals surface area contributed by atoms with Crippen LogP contribution in [-0.4, -0.2) is 37.4 Å². The summed E-state index contributed by atoms with van der Waals surface area (Å²) in [7, 11) is 3.10. The van der Waals surface area contributed by atoms with Crippen molar-refractivity contribution < 1.29 is 23.7 Å². The molecule has 26 heavy (non-hydrogen) atoms. The molecule has 0 saturated heterocycles. The van der Waals surface area contributed by atoms with E-state index in [0.717, 1.165) is 0 Å². The Morgan fingerprint density at radius 1 is 1.12 bits per heavy atom. The first-order valence-electron chi connectivity index (χ1n) is 8.00. The van der Waals surface area contributed by atoms with Gasteiger partial charge in [-0.3, -0.25) is 4.90 Å². The zero-order valence-corrected chi connectivity index (χ0v) is 15.6. The highest BCUT2D eigenvalue weighted by atomic mass is 16.6. The maximum absolute atomic E-state index is 12.3. The van der Waals surface area contributed by atoms with E-state index in [4.69, 9.17) is 25.4 Å². The van der Waals surface area contributed by atoms with E-state index in [1.807, 2.05) is 0 Å². The van der Waals surface area contributed by atoms with Gasteiger partial charge in [0.25, 0.3) is 0 Å². The minimum atomic E-state index is -0.623. The molecule has 2 rings (SSSR count). The molecule has 1 aliphatic heterocycles. The predicted octanol–water partition coefficient (Wildman–Crippen LogP) is 3.69. The van der Waals surface area contributed by atoms with Crippen molar-refractivity contribution in [2.75, 3.05) is 20.8 Å². The molecule has 0 bridgehead atoms. The first kappa shape index (κ1) is 19.3. The number of amides is 1. The molecule has 6 heteroatoms. The summed E-state index contributed by atoms with van der Waals surface area (Å²) in [5.41, 5.74) is -0.228. The molecule has 1 heterocycles. The van der Waals surface area contributed by atoms with Gasteiger partial charge in [0.05, 0.1) is 20.8 Å². The van der Waals surface area contributed by atoms with E-state index < -0.39 is 11.7 Å². The van der Waals surface area contributed by atoms with E-state index in [1.165, 1.54) is 11.1 Å². The molecule has 0 saturated carbocycles. The van der Waals surface area contributed by atoms with Gasteiger partial charge >= 0.3 is 6.09 Å². The van der Waals surface area contributed by atoms with Gasteiger partial charge in [-0.15, -0.1) is 0 Å². The molecule has 0 aliphatic carbocycles. The molecule has 0 N–H and O–H groups in total. The Bertz CT molecular complexity index is 758. The van der Waals surface area contributed by atoms with Crippen LogP contribution in [0.2, 0.25) is 0 Å². The molecule has 1 amide bonds. The second-order valence-corrected chi connectivity index (χ2v) is 6.58. The molecule has 0 aromatic heterocycles. The van der Waals surface area contributed by atoms with Gasteiger partial charge in [0.1, 0.15) is 28.6 Å². The number of rotatable bonds is 4. The minimum Gasteiger partial charge on any atom is -0.496 e. The normalized spacial score (nSPS) is 13.9. The Morgan fingerprint density at radius 3 is 2.19 bits per heavy atom. The zero-order chi connectivity index (χ0) is 19.3. The Kier molecular flexibility index (Phi) is 5.83. The smallest absolute Gasteiger partial charge is 0.414 e. The standard InChI is InChI=1S/C20H22NO5/c1-7-14-8-18(13-21(12-14)19(22)26-20(2,3)4)25-17-10-15(23-5)9-16(11-17)24-6/h8-12H,13H2,2-6H3. The van der Waals surface area contributed by atoms with Crippen LogP contribution in [0, 0.1) is 12.3 Å². The highest BCUT2D eigenvalue weighted by molar-refractivity contribution is 5.71. The molecule has 1 aromatic rings. The summed E-state index contributed by atoms with van der Waals surface area (Å²) < 4.78 is 21.7. The van der Waals surface area contributed by atoms with Crippen molar-refractivity contribution >= 4 is 6.09 Å². The van der Waals surface area contributed by atoms with Gasteiger partial charge in [0, 0.05) is 30.0 Å². The number of ether oxygens (including phenoxy) is 4. The van der Waals surface area contributed by atoms with Crippen LogP contribution in [0.4, 0.5) is 4.79 Å². The lowest BCUT2D eigenvalue weighted by Crippen LogP contribution is -2.36. The quantitative estimate of drug-likeness (QED) is 0.770. The Hall–Kier alpha value is -3.07. The molecule has 0 spiro atoms. The number of methoxy groups -OCH3 is 2. The van der Waals surface area contributed by atoms with E-state index in [0.29, 0.717) is 28.6 Å². The van der Waals surface area contributed by atoms with Crippen LogP contribution in [0.25, 0.3) is 0 Å². The summed E-state index contributed by atoms with van der Waals surface area (Å²) in [5, 5.41) is 0. The van der Waals surface area contributed by atoms with Gasteiger partial charge in [-0.05, 0) is 33.3 Å². The number of carbonyl (C=O) groups is 1. The van der Waals surface area contributed by atoms with Crippen molar-refractivity contribution in [2.45, 2.75) is 26.4 Å². The van der Waals surface area contributed by atoms with Crippen molar-refractivity contribution in [3.63, 3.8) is 0 Å². The lowest BCUT2D eigenvalue weighted by molar-refractivity contribution is 0.0332. The number of allylic oxidation sites excluding steroid dienone is 2. The second kappa shape index (κ2) is 7.87. The predicted molar refractivity (Wildman–Crippen MR) is 96.4 cm³/mol. The van der Waals surface area contributed by atoms with Crippen LogP contribution in [0.1, 0.15) is 20.8 Å². The summed E-state index contributed by atoms with van der Waals surface area (Å²) >= 11 is 0. The molecule has 137 valence electrons. The van der Waals surface area contributed by atoms with Gasteiger partial charge in [0.2, 0.25) is 0 Å². The van der Waals surface area contributed by atoms with Crippen LogP contribution in [-0.2, 0) is 4.74 Å². The van der Waals surface area contributed by atoms with E-state index >= 15 is 0 Å². The fraction of sp³-hybridized carbons (Fsp3) is 0.350. The Balaban J connectivity index is 2.22. The number of hydrogen-bond acceptors (Lipinski definition) is 5. The summed E-state index contributed by atoms with van der Waals surface area (Å²) in [4.78, 5) is 13.7. The lowest BCUT2D eigenvalue weighted by atomic mass is 10.2. The molecule has 1 aliphatic rings. The van der Waals surface area contributed by atoms with E-state index in [9.17, 15) is 4.79 Å². The molecular weight excluding hydrogens is 334 g/mol. The molecule has 1 aromatic carbocycles.